The van der Waals surface area contributed by atoms with Crippen molar-refractivity contribution in [2.75, 3.05) is 0 Å². The number of carbonyl (C=O) groups excluding carboxylic acids is 2. The van der Waals surface area contributed by atoms with Crippen LogP contribution < -0.4 is 0 Å². The first-order valence-electron chi connectivity index (χ1n) is 4.01. The van der Waals surface area contributed by atoms with Crippen LogP contribution in [0.2, 0.25) is 0 Å². The van der Waals surface area contributed by atoms with Crippen LogP contribution in [0.1, 0.15) is 12.8 Å². The summed E-state index contributed by atoms with van der Waals surface area (Å²) in [4.78, 5) is 22.4. The van der Waals surface area contributed by atoms with Gasteiger partial charge in [-0.3, -0.25) is 18.7 Å². The van der Waals surface area contributed by atoms with Gasteiger partial charge in [-0.15, -0.1) is 0 Å². The SMILES string of the molecule is O=C1CC(S(=O)(=O)O)C(=O)C(S(=O)(=O)O)C1. The lowest BCUT2D eigenvalue weighted by molar-refractivity contribution is -0.128. The number of ketones is 2. The molecular weight excluding hydrogens is 264 g/mol. The van der Waals surface area contributed by atoms with Gasteiger partial charge in [0.1, 0.15) is 5.78 Å². The van der Waals surface area contributed by atoms with Crippen molar-refractivity contribution in [1.29, 1.82) is 0 Å². The third-order valence-electron chi connectivity index (χ3n) is 2.18. The van der Waals surface area contributed by atoms with E-state index < -0.39 is 55.1 Å². The van der Waals surface area contributed by atoms with Crippen molar-refractivity contribution < 1.29 is 35.5 Å². The molecule has 92 valence electrons. The predicted octanol–water partition coefficient (Wildman–Crippen LogP) is -1.57. The molecule has 0 amide bonds. The van der Waals surface area contributed by atoms with Crippen LogP contribution in [0.5, 0.6) is 0 Å². The number of Topliss-reactive ketones (excluding diaryl/α,β-unsaturated/α-hetero) is 2. The standard InChI is InChI=1S/C6H8O8S2/c7-3-1-4(15(9,10)11)6(8)5(2-3)16(12,13)14/h4-5H,1-2H2,(H,9,10,11)(H,12,13,14). The van der Waals surface area contributed by atoms with E-state index in [1.165, 1.54) is 0 Å². The number of carbonyl (C=O) groups is 2. The maximum atomic E-state index is 11.3. The van der Waals surface area contributed by atoms with Gasteiger partial charge in [0.2, 0.25) is 0 Å². The Labute approximate surface area is 91.1 Å². The fourth-order valence-corrected chi connectivity index (χ4v) is 3.20. The Balaban J connectivity index is 3.20. The average molecular weight is 272 g/mol. The first kappa shape index (κ1) is 13.2. The predicted molar refractivity (Wildman–Crippen MR) is 49.9 cm³/mol. The fraction of sp³-hybridized carbons (Fsp3) is 0.667. The first-order valence-corrected chi connectivity index (χ1v) is 7.02. The third kappa shape index (κ3) is 2.64. The van der Waals surface area contributed by atoms with Gasteiger partial charge in [-0.05, 0) is 0 Å². The molecule has 1 fully saturated rings. The monoisotopic (exact) mass is 272 g/mol. The van der Waals surface area contributed by atoms with Gasteiger partial charge < -0.3 is 0 Å². The Kier molecular flexibility index (Phi) is 3.20. The van der Waals surface area contributed by atoms with Crippen LogP contribution in [0.4, 0.5) is 0 Å². The maximum Gasteiger partial charge on any atom is 0.275 e. The van der Waals surface area contributed by atoms with E-state index in [1.807, 2.05) is 0 Å². The zero-order valence-electron chi connectivity index (χ0n) is 7.73. The van der Waals surface area contributed by atoms with Crippen molar-refractivity contribution in [3.05, 3.63) is 0 Å². The summed E-state index contributed by atoms with van der Waals surface area (Å²) in [5, 5.41) is -4.22. The molecule has 0 aliphatic heterocycles. The molecule has 0 spiro atoms. The molecule has 1 aliphatic carbocycles. The van der Waals surface area contributed by atoms with Gasteiger partial charge in [0.15, 0.2) is 16.3 Å². The fourth-order valence-electron chi connectivity index (χ4n) is 1.41. The van der Waals surface area contributed by atoms with Crippen LogP contribution in [0, 0.1) is 0 Å². The van der Waals surface area contributed by atoms with E-state index in [2.05, 4.69) is 0 Å². The van der Waals surface area contributed by atoms with Gasteiger partial charge in [-0.2, -0.15) is 16.8 Å². The minimum atomic E-state index is -4.85. The van der Waals surface area contributed by atoms with Crippen molar-refractivity contribution >= 4 is 31.8 Å². The summed E-state index contributed by atoms with van der Waals surface area (Å²) in [6, 6.07) is 0. The molecule has 16 heavy (non-hydrogen) atoms. The molecule has 2 unspecified atom stereocenters. The summed E-state index contributed by atoms with van der Waals surface area (Å²) < 4.78 is 60.2. The smallest absolute Gasteiger partial charge is 0.275 e. The van der Waals surface area contributed by atoms with E-state index in [9.17, 15) is 26.4 Å². The lowest BCUT2D eigenvalue weighted by atomic mass is 9.97. The second-order valence-corrected chi connectivity index (χ2v) is 6.55. The molecule has 0 aromatic rings. The molecule has 0 aromatic carbocycles. The summed E-state index contributed by atoms with van der Waals surface area (Å²) >= 11 is 0. The zero-order valence-corrected chi connectivity index (χ0v) is 9.36. The van der Waals surface area contributed by atoms with Gasteiger partial charge in [-0.25, -0.2) is 0 Å². The third-order valence-corrected chi connectivity index (χ3v) is 4.42. The normalized spacial score (nSPS) is 28.1. The lowest BCUT2D eigenvalue weighted by Gasteiger charge is -2.22. The van der Waals surface area contributed by atoms with E-state index in [4.69, 9.17) is 9.11 Å². The van der Waals surface area contributed by atoms with Crippen LogP contribution in [-0.2, 0) is 29.8 Å². The van der Waals surface area contributed by atoms with E-state index >= 15 is 0 Å². The Morgan fingerprint density at radius 1 is 0.875 bits per heavy atom. The summed E-state index contributed by atoms with van der Waals surface area (Å²) in [5.41, 5.74) is 0. The van der Waals surface area contributed by atoms with Gasteiger partial charge in [0.05, 0.1) is 0 Å². The molecule has 2 N–H and O–H groups in total. The second-order valence-electron chi connectivity index (χ2n) is 3.36. The van der Waals surface area contributed by atoms with Crippen LogP contribution in [0.25, 0.3) is 0 Å². The minimum absolute atomic E-state index is 0.774. The molecule has 0 heterocycles. The summed E-state index contributed by atoms with van der Waals surface area (Å²) in [7, 11) is -9.69. The zero-order chi connectivity index (χ0) is 12.7. The van der Waals surface area contributed by atoms with Crippen molar-refractivity contribution in [2.45, 2.75) is 23.3 Å². The molecule has 0 saturated heterocycles. The van der Waals surface area contributed by atoms with E-state index in [0.29, 0.717) is 0 Å². The minimum Gasteiger partial charge on any atom is -0.300 e. The summed E-state index contributed by atoms with van der Waals surface area (Å²) in [6.45, 7) is 0. The Morgan fingerprint density at radius 2 is 1.19 bits per heavy atom. The number of hydrogen-bond acceptors (Lipinski definition) is 6. The van der Waals surface area contributed by atoms with Crippen LogP contribution >= 0.6 is 0 Å². The molecule has 1 saturated carbocycles. The van der Waals surface area contributed by atoms with Gasteiger partial charge >= 0.3 is 0 Å². The van der Waals surface area contributed by atoms with Gasteiger partial charge in [0, 0.05) is 12.8 Å². The number of rotatable bonds is 2. The average Bonchev–Trinajstić information content (AvgIpc) is 2.04. The molecule has 0 aromatic heterocycles. The van der Waals surface area contributed by atoms with E-state index in [1.54, 1.807) is 0 Å². The molecule has 0 radical (unpaired) electrons. The second kappa shape index (κ2) is 3.87. The van der Waals surface area contributed by atoms with E-state index in [-0.39, 0.29) is 0 Å². The highest BCUT2D eigenvalue weighted by Gasteiger charge is 2.47. The van der Waals surface area contributed by atoms with Crippen molar-refractivity contribution in [1.82, 2.24) is 0 Å². The molecule has 2 atom stereocenters. The topological polar surface area (TPSA) is 143 Å². The van der Waals surface area contributed by atoms with Crippen LogP contribution in [0.3, 0.4) is 0 Å². The Hall–Kier alpha value is -0.840. The summed E-state index contributed by atoms with van der Waals surface area (Å²) in [5.74, 6) is -2.21. The molecule has 8 nitrogen and oxygen atoms in total. The van der Waals surface area contributed by atoms with Crippen LogP contribution in [0.15, 0.2) is 0 Å². The van der Waals surface area contributed by atoms with Crippen molar-refractivity contribution in [3.8, 4) is 0 Å². The quantitative estimate of drug-likeness (QED) is 0.574. The lowest BCUT2D eigenvalue weighted by Crippen LogP contribution is -2.48. The van der Waals surface area contributed by atoms with Crippen molar-refractivity contribution in [3.63, 3.8) is 0 Å². The largest absolute Gasteiger partial charge is 0.300 e. The highest BCUT2D eigenvalue weighted by Crippen LogP contribution is 2.22. The van der Waals surface area contributed by atoms with Gasteiger partial charge in [0.25, 0.3) is 20.2 Å². The molecule has 1 aliphatic rings. The summed E-state index contributed by atoms with van der Waals surface area (Å²) in [6.07, 6.45) is -1.55. The molecule has 0 bridgehead atoms. The highest BCUT2D eigenvalue weighted by molar-refractivity contribution is 7.89. The van der Waals surface area contributed by atoms with Gasteiger partial charge in [-0.1, -0.05) is 0 Å². The first-order chi connectivity index (χ1) is 7.03. The van der Waals surface area contributed by atoms with Crippen molar-refractivity contribution in [2.24, 2.45) is 0 Å². The Bertz CT molecular complexity index is 481. The molecular formula is C6H8O8S2. The van der Waals surface area contributed by atoms with Crippen LogP contribution in [-0.4, -0.2) is 48.0 Å². The molecule has 1 rings (SSSR count). The molecule has 10 heteroatoms. The Morgan fingerprint density at radius 3 is 1.44 bits per heavy atom. The number of hydrogen-bond donors (Lipinski definition) is 2. The van der Waals surface area contributed by atoms with E-state index in [0.717, 1.165) is 0 Å². The highest BCUT2D eigenvalue weighted by atomic mass is 32.2. The maximum absolute atomic E-state index is 11.3.